The fourth-order valence-corrected chi connectivity index (χ4v) is 2.11. The van der Waals surface area contributed by atoms with E-state index in [-0.39, 0.29) is 0 Å². The molecule has 0 unspecified atom stereocenters. The van der Waals surface area contributed by atoms with Crippen LogP contribution in [-0.4, -0.2) is 29.1 Å². The van der Waals surface area contributed by atoms with Gasteiger partial charge in [-0.05, 0) is 44.6 Å². The van der Waals surface area contributed by atoms with Gasteiger partial charge in [-0.2, -0.15) is 4.99 Å². The van der Waals surface area contributed by atoms with Gasteiger partial charge in [0.1, 0.15) is 0 Å². The second kappa shape index (κ2) is 7.31. The van der Waals surface area contributed by atoms with Crippen molar-refractivity contribution in [2.75, 3.05) is 18.4 Å². The monoisotopic (exact) mass is 298 g/mol. The SMILES string of the molecule is CCN(CC)C(N)=NC(=S)Nc1c(C)cccc1Cl. The molecule has 0 radical (unpaired) electrons. The van der Waals surface area contributed by atoms with E-state index in [4.69, 9.17) is 29.6 Å². The average Bonchev–Trinajstić information content (AvgIpc) is 2.35. The number of nitrogens with two attached hydrogens (primary N) is 1. The zero-order valence-electron chi connectivity index (χ0n) is 11.4. The molecule has 0 aliphatic heterocycles. The number of rotatable bonds is 3. The lowest BCUT2D eigenvalue weighted by Crippen LogP contribution is -2.38. The van der Waals surface area contributed by atoms with E-state index in [1.807, 2.05) is 37.8 Å². The Hall–Kier alpha value is -1.33. The minimum absolute atomic E-state index is 0.306. The summed E-state index contributed by atoms with van der Waals surface area (Å²) in [6, 6.07) is 5.64. The lowest BCUT2D eigenvalue weighted by molar-refractivity contribution is 0.461. The number of hydrogen-bond acceptors (Lipinski definition) is 1. The van der Waals surface area contributed by atoms with Crippen LogP contribution in [0, 0.1) is 6.92 Å². The molecule has 0 spiro atoms. The summed E-state index contributed by atoms with van der Waals surface area (Å²) < 4.78 is 0. The molecule has 0 amide bonds. The largest absolute Gasteiger partial charge is 0.369 e. The van der Waals surface area contributed by atoms with Crippen LogP contribution in [0.15, 0.2) is 23.2 Å². The smallest absolute Gasteiger partial charge is 0.200 e. The van der Waals surface area contributed by atoms with Gasteiger partial charge in [-0.3, -0.25) is 0 Å². The van der Waals surface area contributed by atoms with Gasteiger partial charge in [-0.25, -0.2) is 0 Å². The number of guanidine groups is 1. The van der Waals surface area contributed by atoms with Crippen LogP contribution < -0.4 is 11.1 Å². The van der Waals surface area contributed by atoms with E-state index >= 15 is 0 Å². The summed E-state index contributed by atoms with van der Waals surface area (Å²) >= 11 is 11.3. The molecule has 0 atom stereocenters. The molecule has 6 heteroatoms. The van der Waals surface area contributed by atoms with Crippen LogP contribution in [-0.2, 0) is 0 Å². The fraction of sp³-hybridized carbons (Fsp3) is 0.385. The van der Waals surface area contributed by atoms with Gasteiger partial charge in [0.2, 0.25) is 5.11 Å². The Balaban J connectivity index is 2.83. The van der Waals surface area contributed by atoms with Gasteiger partial charge >= 0.3 is 0 Å². The van der Waals surface area contributed by atoms with E-state index in [1.165, 1.54) is 0 Å². The van der Waals surface area contributed by atoms with Crippen molar-refractivity contribution in [3.8, 4) is 0 Å². The highest BCUT2D eigenvalue weighted by Gasteiger charge is 2.07. The first-order valence-corrected chi connectivity index (χ1v) is 6.93. The summed E-state index contributed by atoms with van der Waals surface area (Å²) in [6.07, 6.45) is 0. The number of benzene rings is 1. The zero-order valence-corrected chi connectivity index (χ0v) is 13.0. The Morgan fingerprint density at radius 3 is 2.58 bits per heavy atom. The highest BCUT2D eigenvalue weighted by Crippen LogP contribution is 2.25. The van der Waals surface area contributed by atoms with Crippen LogP contribution in [0.1, 0.15) is 19.4 Å². The summed E-state index contributed by atoms with van der Waals surface area (Å²) in [5, 5.41) is 3.93. The molecule has 0 aliphatic rings. The maximum absolute atomic E-state index is 6.11. The molecule has 0 aliphatic carbocycles. The number of aliphatic imine (C=N–C) groups is 1. The van der Waals surface area contributed by atoms with Gasteiger partial charge in [0.15, 0.2) is 5.96 Å². The van der Waals surface area contributed by atoms with E-state index in [2.05, 4.69) is 10.3 Å². The van der Waals surface area contributed by atoms with Crippen LogP contribution >= 0.6 is 23.8 Å². The minimum atomic E-state index is 0.306. The van der Waals surface area contributed by atoms with Crippen LogP contribution in [0.4, 0.5) is 5.69 Å². The summed E-state index contributed by atoms with van der Waals surface area (Å²) in [7, 11) is 0. The van der Waals surface area contributed by atoms with Crippen molar-refractivity contribution in [3.63, 3.8) is 0 Å². The molecule has 1 aromatic carbocycles. The molecule has 0 heterocycles. The number of thiocarbonyl (C=S) groups is 1. The predicted molar refractivity (Wildman–Crippen MR) is 87.0 cm³/mol. The molecule has 3 N–H and O–H groups in total. The maximum atomic E-state index is 6.11. The van der Waals surface area contributed by atoms with E-state index in [1.54, 1.807) is 6.07 Å². The molecule has 0 aromatic heterocycles. The number of nitrogens with zero attached hydrogens (tertiary/aromatic N) is 2. The standard InChI is InChI=1S/C13H19ClN4S/c1-4-18(5-2)12(15)17-13(19)16-11-9(3)7-6-8-10(11)14/h6-8H,4-5H2,1-3H3,(H3,15,16,17,19). The highest BCUT2D eigenvalue weighted by atomic mass is 35.5. The Labute approximate surface area is 124 Å². The maximum Gasteiger partial charge on any atom is 0.200 e. The number of anilines is 1. The summed E-state index contributed by atoms with van der Waals surface area (Å²) in [5.41, 5.74) is 7.66. The fourth-order valence-electron chi connectivity index (χ4n) is 1.65. The first-order valence-electron chi connectivity index (χ1n) is 6.14. The lowest BCUT2D eigenvalue weighted by atomic mass is 10.2. The highest BCUT2D eigenvalue weighted by molar-refractivity contribution is 7.80. The summed E-state index contributed by atoms with van der Waals surface area (Å²) in [4.78, 5) is 6.10. The van der Waals surface area contributed by atoms with Gasteiger partial charge in [-0.15, -0.1) is 0 Å². The van der Waals surface area contributed by atoms with Gasteiger partial charge < -0.3 is 16.0 Å². The zero-order chi connectivity index (χ0) is 14.4. The van der Waals surface area contributed by atoms with Gasteiger partial charge in [0.05, 0.1) is 10.7 Å². The van der Waals surface area contributed by atoms with E-state index in [9.17, 15) is 0 Å². The van der Waals surface area contributed by atoms with Crippen LogP contribution in [0.2, 0.25) is 5.02 Å². The first-order chi connectivity index (χ1) is 8.99. The Kier molecular flexibility index (Phi) is 6.05. The van der Waals surface area contributed by atoms with E-state index in [0.717, 1.165) is 24.3 Å². The average molecular weight is 299 g/mol. The molecule has 0 fully saturated rings. The predicted octanol–water partition coefficient (Wildman–Crippen LogP) is 3.00. The lowest BCUT2D eigenvalue weighted by Gasteiger charge is -2.19. The molecule has 104 valence electrons. The van der Waals surface area contributed by atoms with Crippen molar-refractivity contribution in [2.45, 2.75) is 20.8 Å². The summed E-state index contributed by atoms with van der Waals surface area (Å²) in [6.45, 7) is 7.56. The van der Waals surface area contributed by atoms with Gasteiger partial charge in [-0.1, -0.05) is 23.7 Å². The third-order valence-electron chi connectivity index (χ3n) is 2.76. The molecule has 0 saturated heterocycles. The normalized spacial score (nSPS) is 11.3. The first kappa shape index (κ1) is 15.7. The molecule has 1 rings (SSSR count). The minimum Gasteiger partial charge on any atom is -0.369 e. The summed E-state index contributed by atoms with van der Waals surface area (Å²) in [5.74, 6) is 0.409. The van der Waals surface area contributed by atoms with Crippen LogP contribution in [0.25, 0.3) is 0 Å². The molecular weight excluding hydrogens is 280 g/mol. The number of para-hydroxylation sites is 1. The molecule has 0 saturated carbocycles. The number of hydrogen-bond donors (Lipinski definition) is 2. The van der Waals surface area contributed by atoms with Crippen molar-refractivity contribution in [2.24, 2.45) is 10.7 Å². The van der Waals surface area contributed by atoms with Gasteiger partial charge in [0, 0.05) is 13.1 Å². The Morgan fingerprint density at radius 2 is 2.05 bits per heavy atom. The van der Waals surface area contributed by atoms with Gasteiger partial charge in [0.25, 0.3) is 0 Å². The number of aryl methyl sites for hydroxylation is 1. The second-order valence-corrected chi connectivity index (χ2v) is 4.80. The second-order valence-electron chi connectivity index (χ2n) is 4.00. The molecule has 0 bridgehead atoms. The Bertz CT molecular complexity index is 463. The van der Waals surface area contributed by atoms with Crippen LogP contribution in [0.3, 0.4) is 0 Å². The van der Waals surface area contributed by atoms with Crippen molar-refractivity contribution < 1.29 is 0 Å². The third kappa shape index (κ3) is 4.36. The molecular formula is C13H19ClN4S. The Morgan fingerprint density at radius 1 is 1.42 bits per heavy atom. The van der Waals surface area contributed by atoms with E-state index in [0.29, 0.717) is 16.1 Å². The van der Waals surface area contributed by atoms with Crippen LogP contribution in [0.5, 0.6) is 0 Å². The molecule has 4 nitrogen and oxygen atoms in total. The topological polar surface area (TPSA) is 53.6 Å². The molecule has 19 heavy (non-hydrogen) atoms. The van der Waals surface area contributed by atoms with E-state index < -0.39 is 0 Å². The quantitative estimate of drug-likeness (QED) is 0.512. The van der Waals surface area contributed by atoms with Crippen molar-refractivity contribution in [1.29, 1.82) is 0 Å². The molecule has 1 aromatic rings. The third-order valence-corrected chi connectivity index (χ3v) is 3.27. The number of nitrogens with one attached hydrogen (secondary N) is 1. The van der Waals surface area contributed by atoms with Crippen molar-refractivity contribution >= 4 is 40.6 Å². The van der Waals surface area contributed by atoms with Crippen molar-refractivity contribution in [1.82, 2.24) is 4.90 Å². The number of halogens is 1. The van der Waals surface area contributed by atoms with Crippen molar-refractivity contribution in [3.05, 3.63) is 28.8 Å².